The summed E-state index contributed by atoms with van der Waals surface area (Å²) in [7, 11) is 4.14. The summed E-state index contributed by atoms with van der Waals surface area (Å²) in [6.07, 6.45) is 3.00. The van der Waals surface area contributed by atoms with Crippen molar-refractivity contribution in [3.63, 3.8) is 0 Å². The highest BCUT2D eigenvalue weighted by Gasteiger charge is 2.19. The van der Waals surface area contributed by atoms with Crippen LogP contribution in [0.3, 0.4) is 0 Å². The van der Waals surface area contributed by atoms with Gasteiger partial charge in [-0.3, -0.25) is 4.99 Å². The fourth-order valence-electron chi connectivity index (χ4n) is 3.03. The second kappa shape index (κ2) is 9.70. The Morgan fingerprint density at radius 2 is 1.96 bits per heavy atom. The van der Waals surface area contributed by atoms with Gasteiger partial charge >= 0.3 is 0 Å². The molecule has 2 aromatic carbocycles. The van der Waals surface area contributed by atoms with Crippen molar-refractivity contribution in [1.82, 2.24) is 0 Å². The van der Waals surface area contributed by atoms with Crippen LogP contribution in [0.15, 0.2) is 41.4 Å². The molecule has 4 heteroatoms. The number of nitrogens with zero attached hydrogens (tertiary/aromatic N) is 1. The molecular weight excluding hydrogens is 329 g/mol. The first-order valence-corrected chi connectivity index (χ1v) is 9.69. The van der Waals surface area contributed by atoms with Crippen molar-refractivity contribution in [3.05, 3.63) is 58.7 Å². The van der Waals surface area contributed by atoms with E-state index in [1.54, 1.807) is 7.11 Å². The van der Waals surface area contributed by atoms with E-state index in [9.17, 15) is 0 Å². The van der Waals surface area contributed by atoms with Gasteiger partial charge in [0.1, 0.15) is 5.75 Å². The van der Waals surface area contributed by atoms with Crippen LogP contribution in [0.25, 0.3) is 0 Å². The van der Waals surface area contributed by atoms with Gasteiger partial charge in [0.2, 0.25) is 0 Å². The Morgan fingerprint density at radius 3 is 2.64 bits per heavy atom. The molecule has 0 aliphatic rings. The van der Waals surface area contributed by atoms with Gasteiger partial charge in [-0.1, -0.05) is 57.5 Å². The lowest BCUT2D eigenvalue weighted by Crippen LogP contribution is -2.09. The number of methoxy groups -OCH3 is 1. The van der Waals surface area contributed by atoms with Gasteiger partial charge in [0.15, 0.2) is 6.79 Å². The molecule has 0 amide bonds. The number of rotatable bonds is 8. The van der Waals surface area contributed by atoms with Crippen LogP contribution < -0.4 is 10.0 Å². The molecule has 0 aliphatic carbocycles. The first kappa shape index (κ1) is 19.6. The van der Waals surface area contributed by atoms with Crippen LogP contribution in [-0.2, 0) is 4.74 Å². The molecule has 2 atom stereocenters. The number of hydrogen-bond acceptors (Lipinski definition) is 3. The van der Waals surface area contributed by atoms with Gasteiger partial charge in [-0.15, -0.1) is 0 Å². The molecule has 2 rings (SSSR count). The monoisotopic (exact) mass is 357 g/mol. The Morgan fingerprint density at radius 1 is 1.20 bits per heavy atom. The quantitative estimate of drug-likeness (QED) is 0.386. The Hall–Kier alpha value is -1.70. The van der Waals surface area contributed by atoms with E-state index in [1.807, 2.05) is 13.3 Å². The van der Waals surface area contributed by atoms with E-state index < -0.39 is 0 Å². The maximum atomic E-state index is 5.93. The summed E-state index contributed by atoms with van der Waals surface area (Å²) in [5, 5.41) is 1.34. The summed E-state index contributed by atoms with van der Waals surface area (Å²) in [6.45, 7) is 6.76. The van der Waals surface area contributed by atoms with Crippen molar-refractivity contribution in [2.75, 3.05) is 21.0 Å². The van der Waals surface area contributed by atoms with Crippen LogP contribution in [0, 0.1) is 13.8 Å². The van der Waals surface area contributed by atoms with Crippen LogP contribution >= 0.6 is 8.58 Å². The first-order chi connectivity index (χ1) is 12.1. The number of ether oxygens (including phenoxy) is 2. The lowest BCUT2D eigenvalue weighted by Gasteiger charge is -2.22. The highest BCUT2D eigenvalue weighted by Crippen LogP contribution is 2.43. The minimum absolute atomic E-state index is 0.273. The zero-order valence-corrected chi connectivity index (χ0v) is 16.8. The molecule has 2 unspecified atom stereocenters. The summed E-state index contributed by atoms with van der Waals surface area (Å²) in [4.78, 5) is 4.20. The summed E-state index contributed by atoms with van der Waals surface area (Å²) in [6, 6.07) is 12.9. The molecule has 0 radical (unpaired) electrons. The maximum absolute atomic E-state index is 5.93. The molecule has 0 saturated carbocycles. The molecule has 0 spiro atoms. The SMILES string of the molecule is CCC(Pc1ccccc1C=NC)c1cc(C)cc(C)c1OCOC. The van der Waals surface area contributed by atoms with Gasteiger partial charge < -0.3 is 9.47 Å². The van der Waals surface area contributed by atoms with E-state index in [2.05, 4.69) is 62.2 Å². The third-order valence-electron chi connectivity index (χ3n) is 4.11. The first-order valence-electron chi connectivity index (χ1n) is 8.61. The molecule has 0 bridgehead atoms. The molecule has 0 heterocycles. The molecule has 0 fully saturated rings. The van der Waals surface area contributed by atoms with Crippen LogP contribution in [0.2, 0.25) is 0 Å². The number of hydrogen-bond donors (Lipinski definition) is 0. The van der Waals surface area contributed by atoms with Crippen molar-refractivity contribution in [2.24, 2.45) is 4.99 Å². The number of aryl methyl sites for hydroxylation is 2. The van der Waals surface area contributed by atoms with Gasteiger partial charge in [0.25, 0.3) is 0 Å². The maximum Gasteiger partial charge on any atom is 0.188 e. The Bertz CT molecular complexity index is 728. The van der Waals surface area contributed by atoms with E-state index in [1.165, 1.54) is 27.6 Å². The normalized spacial score (nSPS) is 13.0. The summed E-state index contributed by atoms with van der Waals surface area (Å²) in [5.41, 5.74) is 5.32. The second-order valence-corrected chi connectivity index (χ2v) is 7.66. The van der Waals surface area contributed by atoms with Crippen molar-refractivity contribution >= 4 is 20.1 Å². The molecule has 134 valence electrons. The molecule has 25 heavy (non-hydrogen) atoms. The summed E-state index contributed by atoms with van der Waals surface area (Å²) >= 11 is 0. The average Bonchev–Trinajstić information content (AvgIpc) is 2.60. The van der Waals surface area contributed by atoms with Crippen LogP contribution in [0.5, 0.6) is 5.75 Å². The Labute approximate surface area is 153 Å². The van der Waals surface area contributed by atoms with Gasteiger partial charge in [-0.25, -0.2) is 0 Å². The number of aliphatic imine (C=N–C) groups is 1. The lowest BCUT2D eigenvalue weighted by molar-refractivity contribution is 0.0499. The van der Waals surface area contributed by atoms with E-state index >= 15 is 0 Å². The van der Waals surface area contributed by atoms with E-state index in [0.717, 1.165) is 12.2 Å². The van der Waals surface area contributed by atoms with Gasteiger partial charge in [0, 0.05) is 31.6 Å². The number of benzene rings is 2. The molecule has 0 saturated heterocycles. The topological polar surface area (TPSA) is 30.8 Å². The van der Waals surface area contributed by atoms with Crippen LogP contribution in [0.1, 0.15) is 41.3 Å². The summed E-state index contributed by atoms with van der Waals surface area (Å²) in [5.74, 6) is 0.966. The second-order valence-electron chi connectivity index (χ2n) is 6.13. The zero-order valence-electron chi connectivity index (χ0n) is 15.8. The van der Waals surface area contributed by atoms with Crippen LogP contribution in [0.4, 0.5) is 0 Å². The molecule has 0 aliphatic heterocycles. The van der Waals surface area contributed by atoms with Crippen molar-refractivity contribution < 1.29 is 9.47 Å². The molecular formula is C21H28NO2P. The molecule has 0 N–H and O–H groups in total. The smallest absolute Gasteiger partial charge is 0.188 e. The summed E-state index contributed by atoms with van der Waals surface area (Å²) < 4.78 is 11.1. The third kappa shape index (κ3) is 5.14. The van der Waals surface area contributed by atoms with Crippen molar-refractivity contribution in [1.29, 1.82) is 0 Å². The lowest BCUT2D eigenvalue weighted by atomic mass is 10.0. The highest BCUT2D eigenvalue weighted by atomic mass is 31.1. The Kier molecular flexibility index (Phi) is 7.61. The fraction of sp³-hybridized carbons (Fsp3) is 0.381. The standard InChI is InChI=1S/C21H28NO2P/c1-6-19(25-20-10-8-7-9-17(20)13-22-4)18-12-15(2)11-16(3)21(18)24-14-23-5/h7-13,19,25H,6,14H2,1-5H3. The largest absolute Gasteiger partial charge is 0.467 e. The molecule has 3 nitrogen and oxygen atoms in total. The Balaban J connectivity index is 2.41. The molecule has 0 aromatic heterocycles. The van der Waals surface area contributed by atoms with Crippen molar-refractivity contribution in [3.8, 4) is 5.75 Å². The minimum atomic E-state index is 0.273. The van der Waals surface area contributed by atoms with E-state index in [0.29, 0.717) is 14.2 Å². The predicted molar refractivity (Wildman–Crippen MR) is 109 cm³/mol. The third-order valence-corrected chi connectivity index (χ3v) is 5.95. The van der Waals surface area contributed by atoms with E-state index in [-0.39, 0.29) is 6.79 Å². The average molecular weight is 357 g/mol. The predicted octanol–water partition coefficient (Wildman–Crippen LogP) is 4.79. The zero-order chi connectivity index (χ0) is 18.2. The molecule has 2 aromatic rings. The highest BCUT2D eigenvalue weighted by molar-refractivity contribution is 7.47. The van der Waals surface area contributed by atoms with Gasteiger partial charge in [0.05, 0.1) is 0 Å². The van der Waals surface area contributed by atoms with E-state index in [4.69, 9.17) is 9.47 Å². The van der Waals surface area contributed by atoms with Gasteiger partial charge in [-0.05, 0) is 36.7 Å². The fourth-order valence-corrected chi connectivity index (χ4v) is 4.49. The van der Waals surface area contributed by atoms with Gasteiger partial charge in [-0.2, -0.15) is 0 Å². The van der Waals surface area contributed by atoms with Crippen molar-refractivity contribution in [2.45, 2.75) is 32.9 Å². The minimum Gasteiger partial charge on any atom is -0.467 e. The van der Waals surface area contributed by atoms with Crippen LogP contribution in [-0.4, -0.2) is 27.2 Å².